The van der Waals surface area contributed by atoms with Crippen molar-refractivity contribution in [1.82, 2.24) is 35.1 Å². The Labute approximate surface area is 343 Å². The molecule has 8 rings (SSSR count). The van der Waals surface area contributed by atoms with Crippen molar-refractivity contribution in [2.75, 3.05) is 48.1 Å². The van der Waals surface area contributed by atoms with Gasteiger partial charge in [-0.25, -0.2) is 14.8 Å². The molecule has 3 amide bonds. The van der Waals surface area contributed by atoms with Crippen molar-refractivity contribution >= 4 is 39.7 Å². The van der Waals surface area contributed by atoms with Gasteiger partial charge in [0.25, 0.3) is 0 Å². The lowest BCUT2D eigenvalue weighted by Crippen LogP contribution is -2.54. The number of hydrogen-bond donors (Lipinski definition) is 3. The number of carbonyl (C=O) groups is 3. The number of alkyl carbamates (subject to hydrolysis) is 1. The van der Waals surface area contributed by atoms with Crippen LogP contribution in [0.1, 0.15) is 69.3 Å². The molecule has 15 heteroatoms. The minimum absolute atomic E-state index is 0.0785. The molecule has 2 saturated heterocycles. The number of fused-ring (bicyclic) bond motifs is 6. The number of methoxy groups -OCH3 is 4. The summed E-state index contributed by atoms with van der Waals surface area (Å²) in [4.78, 5) is 60.1. The molecule has 3 aromatic carbocycles. The summed E-state index contributed by atoms with van der Waals surface area (Å²) in [5.74, 6) is 2.48. The van der Waals surface area contributed by atoms with Gasteiger partial charge in [0.15, 0.2) is 0 Å². The fourth-order valence-electron chi connectivity index (χ4n) is 8.97. The SMILES string of the molecule is COC[C@H]1C[C@@H](c2ncc(-c3ccc4c(c3)COc3cc5c(ccc6[nH]c([C@@H]7C[C@H](C)CN7C(=O)C[C@@H](C)OC)nc65)cc3-4)[nH]2)N(C(=O)[C@@H](NC(=O)OC)[C@@H](C)OC)C1. The molecule has 3 N–H and O–H groups in total. The number of nitrogens with one attached hydrogen (secondary N) is 3. The molecule has 312 valence electrons. The highest BCUT2D eigenvalue weighted by Gasteiger charge is 2.42. The summed E-state index contributed by atoms with van der Waals surface area (Å²) < 4.78 is 27.6. The third-order valence-electron chi connectivity index (χ3n) is 12.2. The summed E-state index contributed by atoms with van der Waals surface area (Å²) in [5, 5.41) is 4.68. The molecule has 5 aromatic rings. The first kappa shape index (κ1) is 40.3. The lowest BCUT2D eigenvalue weighted by molar-refractivity contribution is -0.138. The summed E-state index contributed by atoms with van der Waals surface area (Å²) >= 11 is 0. The van der Waals surface area contributed by atoms with Crippen LogP contribution in [0.15, 0.2) is 48.7 Å². The maximum absolute atomic E-state index is 14.0. The van der Waals surface area contributed by atoms with Crippen LogP contribution in [0.5, 0.6) is 5.75 Å². The number of aromatic amines is 2. The minimum Gasteiger partial charge on any atom is -0.488 e. The predicted molar refractivity (Wildman–Crippen MR) is 221 cm³/mol. The summed E-state index contributed by atoms with van der Waals surface area (Å²) in [5.41, 5.74) is 6.66. The number of amides is 3. The van der Waals surface area contributed by atoms with Gasteiger partial charge < -0.3 is 48.8 Å². The van der Waals surface area contributed by atoms with Gasteiger partial charge in [0, 0.05) is 51.3 Å². The largest absolute Gasteiger partial charge is 0.488 e. The first-order valence-corrected chi connectivity index (χ1v) is 20.3. The normalized spacial score (nSPS) is 21.5. The summed E-state index contributed by atoms with van der Waals surface area (Å²) in [6, 6.07) is 13.3. The average molecular weight is 808 g/mol. The molecule has 5 heterocycles. The molecule has 7 atom stereocenters. The number of imidazole rings is 2. The van der Waals surface area contributed by atoms with Crippen molar-refractivity contribution in [3.05, 3.63) is 65.9 Å². The fraction of sp³-hybridized carbons (Fsp3) is 0.477. The number of ether oxygens (including phenoxy) is 5. The van der Waals surface area contributed by atoms with Gasteiger partial charge >= 0.3 is 6.09 Å². The molecule has 0 radical (unpaired) electrons. The lowest BCUT2D eigenvalue weighted by Gasteiger charge is -2.30. The van der Waals surface area contributed by atoms with Crippen molar-refractivity contribution < 1.29 is 38.1 Å². The number of aromatic nitrogens is 4. The number of hydrogen-bond acceptors (Lipinski definition) is 10. The maximum atomic E-state index is 14.0. The quantitative estimate of drug-likeness (QED) is 0.130. The van der Waals surface area contributed by atoms with E-state index >= 15 is 0 Å². The zero-order valence-corrected chi connectivity index (χ0v) is 34.7. The van der Waals surface area contributed by atoms with E-state index in [0.717, 1.165) is 67.7 Å². The van der Waals surface area contributed by atoms with Crippen molar-refractivity contribution in [2.45, 2.75) is 77.0 Å². The second kappa shape index (κ2) is 16.6. The minimum atomic E-state index is -0.951. The molecule has 0 aliphatic carbocycles. The van der Waals surface area contributed by atoms with E-state index < -0.39 is 18.2 Å². The molecule has 3 aliphatic rings. The van der Waals surface area contributed by atoms with E-state index in [1.807, 2.05) is 11.8 Å². The van der Waals surface area contributed by atoms with Crippen molar-refractivity contribution in [3.8, 4) is 28.1 Å². The highest BCUT2D eigenvalue weighted by Crippen LogP contribution is 2.44. The Kier molecular flexibility index (Phi) is 11.3. The second-order valence-electron chi connectivity index (χ2n) is 16.3. The highest BCUT2D eigenvalue weighted by atomic mass is 16.5. The number of benzene rings is 3. The van der Waals surface area contributed by atoms with Crippen LogP contribution in [0, 0.1) is 11.8 Å². The third-order valence-corrected chi connectivity index (χ3v) is 12.2. The Morgan fingerprint density at radius 2 is 1.75 bits per heavy atom. The smallest absolute Gasteiger partial charge is 0.407 e. The van der Waals surface area contributed by atoms with E-state index in [1.165, 1.54) is 14.2 Å². The monoisotopic (exact) mass is 807 g/mol. The maximum Gasteiger partial charge on any atom is 0.407 e. The zero-order chi connectivity index (χ0) is 41.5. The molecule has 0 unspecified atom stereocenters. The molecule has 2 aromatic heterocycles. The van der Waals surface area contributed by atoms with Gasteiger partial charge in [-0.2, -0.15) is 0 Å². The van der Waals surface area contributed by atoms with E-state index in [9.17, 15) is 14.4 Å². The number of rotatable bonds is 12. The van der Waals surface area contributed by atoms with Crippen LogP contribution in [0.25, 0.3) is 44.2 Å². The van der Waals surface area contributed by atoms with Crippen LogP contribution in [0.4, 0.5) is 4.79 Å². The molecule has 0 saturated carbocycles. The predicted octanol–water partition coefficient (Wildman–Crippen LogP) is 6.30. The Morgan fingerprint density at radius 3 is 2.51 bits per heavy atom. The van der Waals surface area contributed by atoms with Crippen LogP contribution in [0.2, 0.25) is 0 Å². The molecular weight excluding hydrogens is 755 g/mol. The van der Waals surface area contributed by atoms with E-state index in [2.05, 4.69) is 64.7 Å². The number of H-pyrrole nitrogens is 2. The van der Waals surface area contributed by atoms with Crippen LogP contribution in [0.3, 0.4) is 0 Å². The average Bonchev–Trinajstić information content (AvgIpc) is 4.07. The van der Waals surface area contributed by atoms with Gasteiger partial charge in [0.05, 0.1) is 67.4 Å². The Balaban J connectivity index is 1.05. The topological polar surface area (TPSA) is 173 Å². The molecule has 59 heavy (non-hydrogen) atoms. The van der Waals surface area contributed by atoms with Crippen LogP contribution in [-0.2, 0) is 35.1 Å². The standard InChI is InChI=1S/C44H53N7O8/c1-23-12-35(50(19-23)38(52)13-24(2)56-5)42-46-33-11-9-27-16-32-30-10-8-28(15-29(30)22-59-37(32)17-31(27)40(33)48-42)34-18-45-41(47-34)36-14-26(21-55-4)20-51(36)43(53)39(25(3)57-6)49-44(54)58-7/h8-11,15-18,23-26,35-36,39H,12-14,19-22H2,1-7H3,(H,45,47)(H,46,48)(H,49,54)/t23-,24+,25+,26-,35-,36-,39-/m0/s1. The van der Waals surface area contributed by atoms with Gasteiger partial charge in [-0.05, 0) is 78.9 Å². The number of likely N-dealkylation sites (tertiary alicyclic amines) is 2. The van der Waals surface area contributed by atoms with Crippen LogP contribution < -0.4 is 10.1 Å². The first-order valence-electron chi connectivity index (χ1n) is 20.3. The van der Waals surface area contributed by atoms with Gasteiger partial charge in [0.2, 0.25) is 11.8 Å². The van der Waals surface area contributed by atoms with Gasteiger partial charge in [-0.1, -0.05) is 25.1 Å². The fourth-order valence-corrected chi connectivity index (χ4v) is 8.97. The summed E-state index contributed by atoms with van der Waals surface area (Å²) in [6.07, 6.45) is 2.16. The van der Waals surface area contributed by atoms with Crippen LogP contribution >= 0.6 is 0 Å². The van der Waals surface area contributed by atoms with E-state index in [1.54, 1.807) is 32.2 Å². The second-order valence-corrected chi connectivity index (χ2v) is 16.3. The molecule has 2 fully saturated rings. The van der Waals surface area contributed by atoms with Crippen molar-refractivity contribution in [2.24, 2.45) is 11.8 Å². The molecule has 0 bridgehead atoms. The van der Waals surface area contributed by atoms with Crippen molar-refractivity contribution in [1.29, 1.82) is 0 Å². The van der Waals surface area contributed by atoms with Gasteiger partial charge in [-0.3, -0.25) is 9.59 Å². The van der Waals surface area contributed by atoms with E-state index in [0.29, 0.717) is 50.9 Å². The molecule has 0 spiro atoms. The molecule has 3 aliphatic heterocycles. The zero-order valence-electron chi connectivity index (χ0n) is 34.7. The summed E-state index contributed by atoms with van der Waals surface area (Å²) in [7, 11) is 6.04. The molecule has 15 nitrogen and oxygen atoms in total. The van der Waals surface area contributed by atoms with Gasteiger partial charge in [0.1, 0.15) is 30.0 Å². The van der Waals surface area contributed by atoms with Gasteiger partial charge in [-0.15, -0.1) is 0 Å². The highest BCUT2D eigenvalue weighted by molar-refractivity contribution is 6.07. The Hall–Kier alpha value is -5.51. The Morgan fingerprint density at radius 1 is 0.932 bits per heavy atom. The molecular formula is C44H53N7O8. The van der Waals surface area contributed by atoms with Crippen molar-refractivity contribution in [3.63, 3.8) is 0 Å². The van der Waals surface area contributed by atoms with E-state index in [-0.39, 0.29) is 35.9 Å². The number of carbonyl (C=O) groups excluding carboxylic acids is 3. The first-order chi connectivity index (χ1) is 28.5. The van der Waals surface area contributed by atoms with E-state index in [4.69, 9.17) is 33.7 Å². The lowest BCUT2D eigenvalue weighted by atomic mass is 9.92. The summed E-state index contributed by atoms with van der Waals surface area (Å²) in [6.45, 7) is 7.83. The Bertz CT molecular complexity index is 2380. The number of nitrogens with zero attached hydrogens (tertiary/aromatic N) is 4. The van der Waals surface area contributed by atoms with Crippen LogP contribution in [-0.4, -0.2) is 114 Å². The third kappa shape index (κ3) is 7.74.